The Labute approximate surface area is 130 Å². The van der Waals surface area contributed by atoms with Crippen molar-refractivity contribution in [1.82, 2.24) is 0 Å². The third-order valence-electron chi connectivity index (χ3n) is 5.65. The van der Waals surface area contributed by atoms with Gasteiger partial charge in [-0.2, -0.15) is 0 Å². The van der Waals surface area contributed by atoms with Gasteiger partial charge in [0, 0.05) is 11.8 Å². The van der Waals surface area contributed by atoms with Crippen LogP contribution in [0.4, 0.5) is 0 Å². The Morgan fingerprint density at radius 2 is 1.90 bits per heavy atom. The molecule has 4 fully saturated rings. The van der Waals surface area contributed by atoms with Crippen LogP contribution in [0.2, 0.25) is 0 Å². The van der Waals surface area contributed by atoms with Crippen molar-refractivity contribution in [3.63, 3.8) is 0 Å². The number of hydrogen-bond donors (Lipinski definition) is 0. The zero-order chi connectivity index (χ0) is 14.1. The molecule has 1 saturated heterocycles. The van der Waals surface area contributed by atoms with Gasteiger partial charge >= 0.3 is 7.15 Å². The zero-order valence-corrected chi connectivity index (χ0v) is 13.5. The number of hydrogen-bond acceptors (Lipinski definition) is 4. The first-order valence-electron chi connectivity index (χ1n) is 7.73. The average Bonchev–Trinajstić information content (AvgIpc) is 3.32. The second kappa shape index (κ2) is 4.05. The number of benzene rings is 1. The molecule has 1 aliphatic heterocycles. The lowest BCUT2D eigenvalue weighted by Gasteiger charge is -2.14. The van der Waals surface area contributed by atoms with E-state index in [1.165, 1.54) is 32.1 Å². The summed E-state index contributed by atoms with van der Waals surface area (Å²) in [6, 6.07) is 9.68. The topological polar surface area (TPSA) is 27.7 Å². The Kier molecular flexibility index (Phi) is 2.50. The third kappa shape index (κ3) is 1.93. The Hall–Kier alpha value is -0.540. The molecule has 21 heavy (non-hydrogen) atoms. The number of ether oxygens (including phenoxy) is 1. The molecule has 3 aliphatic carbocycles. The molecule has 3 nitrogen and oxygen atoms in total. The molecular weight excluding hydrogens is 303 g/mol. The Bertz CT molecular complexity index is 589. The molecule has 1 aromatic carbocycles. The lowest BCUT2D eigenvalue weighted by molar-refractivity contribution is -0.0204. The molecule has 3 spiro atoms. The fraction of sp³-hybridized carbons (Fsp3) is 0.625. The van der Waals surface area contributed by atoms with E-state index in [2.05, 4.69) is 0 Å². The molecule has 3 saturated carbocycles. The zero-order valence-electron chi connectivity index (χ0n) is 11.8. The van der Waals surface area contributed by atoms with E-state index in [0.29, 0.717) is 5.41 Å². The van der Waals surface area contributed by atoms with Gasteiger partial charge in [-0.1, -0.05) is 18.2 Å². The van der Waals surface area contributed by atoms with Crippen molar-refractivity contribution in [2.75, 3.05) is 0 Å². The monoisotopic (exact) mass is 321 g/mol. The minimum atomic E-state index is -1.29. The van der Waals surface area contributed by atoms with Crippen LogP contribution in [0.5, 0.6) is 5.75 Å². The summed E-state index contributed by atoms with van der Waals surface area (Å²) in [7, 11) is -1.29. The van der Waals surface area contributed by atoms with Crippen molar-refractivity contribution in [2.45, 2.75) is 55.8 Å². The van der Waals surface area contributed by atoms with Crippen LogP contribution in [0, 0.1) is 5.41 Å². The van der Waals surface area contributed by atoms with Crippen molar-refractivity contribution >= 4 is 19.0 Å². The van der Waals surface area contributed by atoms with E-state index in [9.17, 15) is 0 Å². The van der Waals surface area contributed by atoms with Crippen LogP contribution in [0.1, 0.15) is 38.5 Å². The molecule has 5 rings (SSSR count). The smallest absolute Gasteiger partial charge is 0.365 e. The molecule has 0 radical (unpaired) electrons. The first kappa shape index (κ1) is 13.0. The van der Waals surface area contributed by atoms with Crippen LogP contribution in [0.3, 0.4) is 0 Å². The van der Waals surface area contributed by atoms with Gasteiger partial charge in [0.1, 0.15) is 11.7 Å². The predicted octanol–water partition coefficient (Wildman–Crippen LogP) is 4.10. The van der Waals surface area contributed by atoms with Crippen LogP contribution in [0.15, 0.2) is 30.3 Å². The summed E-state index contributed by atoms with van der Waals surface area (Å²) in [5.74, 6) is 0.790. The van der Waals surface area contributed by atoms with Crippen molar-refractivity contribution in [1.29, 1.82) is 0 Å². The summed E-state index contributed by atoms with van der Waals surface area (Å²) < 4.78 is 18.2. The molecule has 0 N–H and O–H groups in total. The van der Waals surface area contributed by atoms with Gasteiger partial charge in [0.2, 0.25) is 11.8 Å². The Morgan fingerprint density at radius 1 is 1.14 bits per heavy atom. The summed E-state index contributed by atoms with van der Waals surface area (Å²) in [4.78, 5) is 0. The quantitative estimate of drug-likeness (QED) is 0.780. The maximum Gasteiger partial charge on any atom is 0.574 e. The first-order valence-corrected chi connectivity index (χ1v) is 9.92. The minimum Gasteiger partial charge on any atom is -0.365 e. The van der Waals surface area contributed by atoms with Gasteiger partial charge in [-0.25, -0.2) is 0 Å². The van der Waals surface area contributed by atoms with Crippen molar-refractivity contribution in [2.24, 2.45) is 5.41 Å². The third-order valence-corrected chi connectivity index (χ3v) is 6.92. The second-order valence-corrected chi connectivity index (χ2v) is 8.78. The van der Waals surface area contributed by atoms with Gasteiger partial charge in [0.05, 0.1) is 5.60 Å². The predicted molar refractivity (Wildman–Crippen MR) is 82.9 cm³/mol. The molecular formula is C16H18O3PS+. The molecule has 1 heterocycles. The molecule has 0 amide bonds. The standard InChI is InChI=1S/C16H18O3PS/c21-20(17-12-4-2-1-3-5-12)18-13-10-15(13)11-14(6-7-14)16(19-15)8-9-16/h1-5,13H,6-11H2/q+1. The van der Waals surface area contributed by atoms with Crippen LogP contribution in [0.25, 0.3) is 0 Å². The van der Waals surface area contributed by atoms with Gasteiger partial charge in [0.15, 0.2) is 5.75 Å². The number of para-hydroxylation sites is 1. The molecule has 1 aromatic rings. The summed E-state index contributed by atoms with van der Waals surface area (Å²) in [6.07, 6.45) is 7.56. The average molecular weight is 321 g/mol. The van der Waals surface area contributed by atoms with Gasteiger partial charge < -0.3 is 4.74 Å². The molecule has 3 atom stereocenters. The summed E-state index contributed by atoms with van der Waals surface area (Å²) in [5.41, 5.74) is 0.720. The summed E-state index contributed by atoms with van der Waals surface area (Å²) >= 11 is 5.36. The lowest BCUT2D eigenvalue weighted by Crippen LogP contribution is -2.19. The Balaban J connectivity index is 1.23. The van der Waals surface area contributed by atoms with Gasteiger partial charge in [-0.3, -0.25) is 4.52 Å². The normalized spacial score (nSPS) is 37.0. The fourth-order valence-corrected chi connectivity index (χ4v) is 5.55. The van der Waals surface area contributed by atoms with Crippen LogP contribution >= 0.6 is 7.15 Å². The maximum atomic E-state index is 6.48. The summed E-state index contributed by atoms with van der Waals surface area (Å²) in [5, 5.41) is 0. The lowest BCUT2D eigenvalue weighted by atomic mass is 9.93. The van der Waals surface area contributed by atoms with Gasteiger partial charge in [-0.05, 0) is 44.2 Å². The molecule has 0 aromatic heterocycles. The summed E-state index contributed by atoms with van der Waals surface area (Å²) in [6.45, 7) is 0. The largest absolute Gasteiger partial charge is 0.574 e. The van der Waals surface area contributed by atoms with E-state index < -0.39 is 7.15 Å². The van der Waals surface area contributed by atoms with Gasteiger partial charge in [0.25, 0.3) is 0 Å². The highest BCUT2D eigenvalue weighted by Gasteiger charge is 2.81. The van der Waals surface area contributed by atoms with Crippen LogP contribution in [-0.2, 0) is 21.1 Å². The molecule has 110 valence electrons. The SMILES string of the molecule is S=[P+](Oc1ccccc1)OC1CC12CC1(CC1)C1(CC1)O2. The highest BCUT2D eigenvalue weighted by Crippen LogP contribution is 2.78. The van der Waals surface area contributed by atoms with E-state index in [4.69, 9.17) is 25.6 Å². The molecule has 4 aliphatic rings. The van der Waals surface area contributed by atoms with E-state index >= 15 is 0 Å². The van der Waals surface area contributed by atoms with Gasteiger partial charge in [-0.15, -0.1) is 4.52 Å². The number of rotatable bonds is 4. The van der Waals surface area contributed by atoms with E-state index in [-0.39, 0.29) is 17.3 Å². The maximum absolute atomic E-state index is 6.48. The highest BCUT2D eigenvalue weighted by atomic mass is 32.4. The Morgan fingerprint density at radius 3 is 2.52 bits per heavy atom. The molecule has 5 heteroatoms. The molecule has 0 bridgehead atoms. The first-order chi connectivity index (χ1) is 10.2. The molecule has 3 unspecified atom stereocenters. The van der Waals surface area contributed by atoms with E-state index in [0.717, 1.165) is 12.2 Å². The van der Waals surface area contributed by atoms with Crippen molar-refractivity contribution < 1.29 is 13.8 Å². The van der Waals surface area contributed by atoms with E-state index in [1.807, 2.05) is 30.3 Å². The van der Waals surface area contributed by atoms with Crippen molar-refractivity contribution in [3.05, 3.63) is 30.3 Å². The number of fused-ring (bicyclic) bond motifs is 1. The highest BCUT2D eigenvalue weighted by molar-refractivity contribution is 8.00. The minimum absolute atomic E-state index is 0.0214. The second-order valence-electron chi connectivity index (χ2n) is 7.04. The van der Waals surface area contributed by atoms with Crippen LogP contribution < -0.4 is 4.52 Å². The van der Waals surface area contributed by atoms with E-state index in [1.54, 1.807) is 0 Å². The fourth-order valence-electron chi connectivity index (χ4n) is 4.17. The van der Waals surface area contributed by atoms with Crippen molar-refractivity contribution in [3.8, 4) is 5.75 Å². The van der Waals surface area contributed by atoms with Crippen LogP contribution in [-0.4, -0.2) is 17.3 Å².